The fourth-order valence-electron chi connectivity index (χ4n) is 1.85. The number of aromatic nitrogens is 2. The third kappa shape index (κ3) is 3.07. The Bertz CT molecular complexity index is 575. The number of ketones is 1. The number of carbonyl (C=O) groups is 1. The first-order chi connectivity index (χ1) is 8.56. The summed E-state index contributed by atoms with van der Waals surface area (Å²) in [6.45, 7) is 1.99. The van der Waals surface area contributed by atoms with Gasteiger partial charge in [0.2, 0.25) is 0 Å². The molecule has 0 aliphatic carbocycles. The van der Waals surface area contributed by atoms with Crippen molar-refractivity contribution >= 4 is 21.7 Å². The van der Waals surface area contributed by atoms with Gasteiger partial charge < -0.3 is 0 Å². The van der Waals surface area contributed by atoms with Gasteiger partial charge in [-0.25, -0.2) is 0 Å². The van der Waals surface area contributed by atoms with E-state index in [4.69, 9.17) is 0 Å². The standard InChI is InChI=1S/C14H15BrN2O/c1-10-3-5-13(15)12(7-10)14(18)6-4-11-8-16-17(2)9-11/h3,5,7-9H,4,6H2,1-2H3. The van der Waals surface area contributed by atoms with E-state index in [2.05, 4.69) is 21.0 Å². The summed E-state index contributed by atoms with van der Waals surface area (Å²) >= 11 is 3.42. The number of nitrogens with zero attached hydrogens (tertiary/aromatic N) is 2. The molecule has 1 aromatic carbocycles. The van der Waals surface area contributed by atoms with Gasteiger partial charge >= 0.3 is 0 Å². The second-order valence-electron chi connectivity index (χ2n) is 4.43. The molecule has 4 heteroatoms. The predicted octanol–water partition coefficient (Wildman–Crippen LogP) is 3.31. The normalized spacial score (nSPS) is 10.6. The summed E-state index contributed by atoms with van der Waals surface area (Å²) in [6.07, 6.45) is 4.98. The van der Waals surface area contributed by atoms with Crippen molar-refractivity contribution in [1.82, 2.24) is 9.78 Å². The lowest BCUT2D eigenvalue weighted by Crippen LogP contribution is -2.02. The Morgan fingerprint density at radius 2 is 2.22 bits per heavy atom. The van der Waals surface area contributed by atoms with Gasteiger partial charge in [0.05, 0.1) is 6.20 Å². The highest BCUT2D eigenvalue weighted by atomic mass is 79.9. The van der Waals surface area contributed by atoms with E-state index in [9.17, 15) is 4.79 Å². The molecular formula is C14H15BrN2O. The smallest absolute Gasteiger partial charge is 0.164 e. The maximum absolute atomic E-state index is 12.1. The molecule has 0 radical (unpaired) electrons. The molecule has 0 saturated carbocycles. The quantitative estimate of drug-likeness (QED) is 0.812. The summed E-state index contributed by atoms with van der Waals surface area (Å²) in [5.74, 6) is 0.162. The Hall–Kier alpha value is -1.42. The summed E-state index contributed by atoms with van der Waals surface area (Å²) < 4.78 is 2.62. The van der Waals surface area contributed by atoms with Gasteiger partial charge in [0.15, 0.2) is 5.78 Å². The Morgan fingerprint density at radius 1 is 1.44 bits per heavy atom. The van der Waals surface area contributed by atoms with Gasteiger partial charge in [-0.2, -0.15) is 5.10 Å². The van der Waals surface area contributed by atoms with Crippen molar-refractivity contribution in [2.45, 2.75) is 19.8 Å². The summed E-state index contributed by atoms with van der Waals surface area (Å²) in [7, 11) is 1.88. The van der Waals surface area contributed by atoms with Crippen molar-refractivity contribution < 1.29 is 4.79 Å². The van der Waals surface area contributed by atoms with Crippen molar-refractivity contribution in [1.29, 1.82) is 0 Å². The summed E-state index contributed by atoms with van der Waals surface area (Å²) in [6, 6.07) is 5.84. The molecule has 0 saturated heterocycles. The Kier molecular flexibility index (Phi) is 3.97. The third-order valence-corrected chi connectivity index (χ3v) is 3.51. The highest BCUT2D eigenvalue weighted by Crippen LogP contribution is 2.20. The van der Waals surface area contributed by atoms with Gasteiger partial charge in [0.25, 0.3) is 0 Å². The number of aryl methyl sites for hydroxylation is 3. The van der Waals surface area contributed by atoms with Crippen LogP contribution in [0.3, 0.4) is 0 Å². The lowest BCUT2D eigenvalue weighted by Gasteiger charge is -2.04. The number of rotatable bonds is 4. The molecule has 0 aliphatic rings. The van der Waals surface area contributed by atoms with E-state index in [0.29, 0.717) is 6.42 Å². The molecular weight excluding hydrogens is 292 g/mol. The minimum atomic E-state index is 0.162. The minimum Gasteiger partial charge on any atom is -0.294 e. The lowest BCUT2D eigenvalue weighted by molar-refractivity contribution is 0.0982. The number of hydrogen-bond acceptors (Lipinski definition) is 2. The van der Waals surface area contributed by atoms with Crippen molar-refractivity contribution in [2.75, 3.05) is 0 Å². The number of benzene rings is 1. The van der Waals surface area contributed by atoms with Gasteiger partial charge in [0.1, 0.15) is 0 Å². The molecule has 2 aromatic rings. The molecule has 3 nitrogen and oxygen atoms in total. The maximum atomic E-state index is 12.1. The average Bonchev–Trinajstić information content (AvgIpc) is 2.75. The number of Topliss-reactive ketones (excluding diaryl/α,β-unsaturated/α-hetero) is 1. The van der Waals surface area contributed by atoms with Crippen LogP contribution in [0.15, 0.2) is 35.1 Å². The van der Waals surface area contributed by atoms with E-state index in [0.717, 1.165) is 27.6 Å². The first-order valence-corrected chi connectivity index (χ1v) is 6.62. The molecule has 1 aromatic heterocycles. The van der Waals surface area contributed by atoms with Crippen LogP contribution in [0.4, 0.5) is 0 Å². The molecule has 0 aliphatic heterocycles. The first kappa shape index (κ1) is 13.0. The van der Waals surface area contributed by atoms with Gasteiger partial charge in [0, 0.05) is 29.7 Å². The number of hydrogen-bond donors (Lipinski definition) is 0. The molecule has 0 fully saturated rings. The average molecular weight is 307 g/mol. The molecule has 94 valence electrons. The molecule has 0 unspecified atom stereocenters. The summed E-state index contributed by atoms with van der Waals surface area (Å²) in [5.41, 5.74) is 2.96. The van der Waals surface area contributed by atoms with Crippen LogP contribution in [-0.2, 0) is 13.5 Å². The van der Waals surface area contributed by atoms with Crippen LogP contribution in [0.1, 0.15) is 27.9 Å². The van der Waals surface area contributed by atoms with Gasteiger partial charge in [-0.05, 0) is 31.0 Å². The highest BCUT2D eigenvalue weighted by molar-refractivity contribution is 9.10. The van der Waals surface area contributed by atoms with Crippen molar-refractivity contribution in [3.63, 3.8) is 0 Å². The second kappa shape index (κ2) is 5.48. The molecule has 0 N–H and O–H groups in total. The van der Waals surface area contributed by atoms with E-state index < -0.39 is 0 Å². The van der Waals surface area contributed by atoms with Crippen molar-refractivity contribution in [2.24, 2.45) is 7.05 Å². The Balaban J connectivity index is 2.05. The number of carbonyl (C=O) groups excluding carboxylic acids is 1. The zero-order chi connectivity index (χ0) is 13.1. The van der Waals surface area contributed by atoms with Crippen LogP contribution in [0, 0.1) is 6.92 Å². The maximum Gasteiger partial charge on any atom is 0.164 e. The summed E-state index contributed by atoms with van der Waals surface area (Å²) in [5, 5.41) is 4.10. The van der Waals surface area contributed by atoms with E-state index in [1.807, 2.05) is 38.4 Å². The Labute approximate surface area is 115 Å². The first-order valence-electron chi connectivity index (χ1n) is 5.83. The molecule has 1 heterocycles. The molecule has 0 spiro atoms. The lowest BCUT2D eigenvalue weighted by atomic mass is 10.0. The zero-order valence-electron chi connectivity index (χ0n) is 10.5. The van der Waals surface area contributed by atoms with E-state index >= 15 is 0 Å². The molecule has 2 rings (SSSR count). The van der Waals surface area contributed by atoms with Gasteiger partial charge in [-0.1, -0.05) is 27.6 Å². The van der Waals surface area contributed by atoms with Crippen LogP contribution in [0.5, 0.6) is 0 Å². The van der Waals surface area contributed by atoms with Crippen LogP contribution in [0.2, 0.25) is 0 Å². The predicted molar refractivity (Wildman–Crippen MR) is 74.7 cm³/mol. The van der Waals surface area contributed by atoms with Crippen molar-refractivity contribution in [3.8, 4) is 0 Å². The molecule has 0 atom stereocenters. The number of halogens is 1. The van der Waals surface area contributed by atoms with Gasteiger partial charge in [-0.15, -0.1) is 0 Å². The fraction of sp³-hybridized carbons (Fsp3) is 0.286. The zero-order valence-corrected chi connectivity index (χ0v) is 12.1. The van der Waals surface area contributed by atoms with E-state index in [-0.39, 0.29) is 5.78 Å². The largest absolute Gasteiger partial charge is 0.294 e. The second-order valence-corrected chi connectivity index (χ2v) is 5.28. The topological polar surface area (TPSA) is 34.9 Å². The van der Waals surface area contributed by atoms with Gasteiger partial charge in [-0.3, -0.25) is 9.48 Å². The third-order valence-electron chi connectivity index (χ3n) is 2.82. The van der Waals surface area contributed by atoms with E-state index in [1.165, 1.54) is 0 Å². The van der Waals surface area contributed by atoms with Crippen LogP contribution in [-0.4, -0.2) is 15.6 Å². The minimum absolute atomic E-state index is 0.162. The summed E-state index contributed by atoms with van der Waals surface area (Å²) in [4.78, 5) is 12.1. The highest BCUT2D eigenvalue weighted by Gasteiger charge is 2.10. The van der Waals surface area contributed by atoms with Crippen LogP contribution in [0.25, 0.3) is 0 Å². The van der Waals surface area contributed by atoms with Crippen molar-refractivity contribution in [3.05, 3.63) is 51.8 Å². The van der Waals surface area contributed by atoms with E-state index in [1.54, 1.807) is 10.9 Å². The molecule has 18 heavy (non-hydrogen) atoms. The fourth-order valence-corrected chi connectivity index (χ4v) is 2.31. The monoisotopic (exact) mass is 306 g/mol. The molecule has 0 bridgehead atoms. The SMILES string of the molecule is Cc1ccc(Br)c(C(=O)CCc2cnn(C)c2)c1. The molecule has 0 amide bonds. The van der Waals surface area contributed by atoms with Crippen LogP contribution < -0.4 is 0 Å². The Morgan fingerprint density at radius 3 is 2.89 bits per heavy atom. The van der Waals surface area contributed by atoms with Crippen LogP contribution >= 0.6 is 15.9 Å².